The van der Waals surface area contributed by atoms with Gasteiger partial charge >= 0.3 is 6.09 Å². The van der Waals surface area contributed by atoms with Crippen molar-refractivity contribution in [3.8, 4) is 0 Å². The van der Waals surface area contributed by atoms with E-state index < -0.39 is 0 Å². The highest BCUT2D eigenvalue weighted by molar-refractivity contribution is 9.10. The lowest BCUT2D eigenvalue weighted by Crippen LogP contribution is -2.49. The van der Waals surface area contributed by atoms with E-state index in [4.69, 9.17) is 9.73 Å². The fraction of sp³-hybridized carbons (Fsp3) is 0.600. The minimum Gasteiger partial charge on any atom is -0.450 e. The van der Waals surface area contributed by atoms with Crippen molar-refractivity contribution in [1.82, 2.24) is 15.5 Å². The minimum absolute atomic E-state index is 0.205. The summed E-state index contributed by atoms with van der Waals surface area (Å²) in [5, 5.41) is 6.83. The molecule has 27 heavy (non-hydrogen) atoms. The fourth-order valence-electron chi connectivity index (χ4n) is 3.10. The topological polar surface area (TPSA) is 66.0 Å². The number of ether oxygens (including phenoxy) is 1. The molecule has 1 aromatic rings. The maximum Gasteiger partial charge on any atom is 0.409 e. The summed E-state index contributed by atoms with van der Waals surface area (Å²) in [5.74, 6) is 0.862. The Labute approximate surface area is 170 Å². The smallest absolute Gasteiger partial charge is 0.409 e. The number of hydrogen-bond acceptors (Lipinski definition) is 3. The Hall–Kier alpha value is -1.76. The maximum atomic E-state index is 11.8. The van der Waals surface area contributed by atoms with E-state index in [1.54, 1.807) is 4.90 Å². The number of amides is 1. The second kappa shape index (κ2) is 11.8. The van der Waals surface area contributed by atoms with Gasteiger partial charge in [0.05, 0.1) is 6.61 Å². The molecule has 1 fully saturated rings. The number of benzene rings is 1. The molecule has 0 aliphatic carbocycles. The van der Waals surface area contributed by atoms with Crippen LogP contribution in [0.15, 0.2) is 33.7 Å². The number of carbonyl (C=O) groups is 1. The van der Waals surface area contributed by atoms with Crippen LogP contribution in [0.4, 0.5) is 4.79 Å². The molecule has 7 heteroatoms. The molecule has 1 aromatic carbocycles. The van der Waals surface area contributed by atoms with E-state index in [1.807, 2.05) is 13.0 Å². The second-order valence-electron chi connectivity index (χ2n) is 6.60. The predicted molar refractivity (Wildman–Crippen MR) is 113 cm³/mol. The molecule has 0 saturated carbocycles. The zero-order valence-electron chi connectivity index (χ0n) is 16.3. The Morgan fingerprint density at radius 3 is 2.78 bits per heavy atom. The van der Waals surface area contributed by atoms with Crippen molar-refractivity contribution in [2.45, 2.75) is 45.6 Å². The molecule has 1 heterocycles. The first-order valence-corrected chi connectivity index (χ1v) is 10.6. The van der Waals surface area contributed by atoms with E-state index in [9.17, 15) is 4.79 Å². The van der Waals surface area contributed by atoms with Crippen LogP contribution in [-0.2, 0) is 11.2 Å². The molecule has 150 valence electrons. The average molecular weight is 439 g/mol. The monoisotopic (exact) mass is 438 g/mol. The molecule has 0 unspecified atom stereocenters. The largest absolute Gasteiger partial charge is 0.450 e. The van der Waals surface area contributed by atoms with Crippen molar-refractivity contribution >= 4 is 28.0 Å². The van der Waals surface area contributed by atoms with Gasteiger partial charge in [-0.3, -0.25) is 4.99 Å². The number of aliphatic imine (C=N–C) groups is 1. The molecule has 1 aliphatic rings. The van der Waals surface area contributed by atoms with Crippen molar-refractivity contribution in [2.75, 3.05) is 32.8 Å². The fourth-order valence-corrected chi connectivity index (χ4v) is 3.55. The van der Waals surface area contributed by atoms with Gasteiger partial charge in [-0.05, 0) is 57.2 Å². The third kappa shape index (κ3) is 7.79. The van der Waals surface area contributed by atoms with E-state index in [1.165, 1.54) is 5.56 Å². The van der Waals surface area contributed by atoms with E-state index in [0.717, 1.165) is 62.3 Å². The van der Waals surface area contributed by atoms with Gasteiger partial charge in [0.25, 0.3) is 0 Å². The predicted octanol–water partition coefficient (Wildman–Crippen LogP) is 3.56. The van der Waals surface area contributed by atoms with Gasteiger partial charge in [0, 0.05) is 36.7 Å². The van der Waals surface area contributed by atoms with Crippen LogP contribution in [0.3, 0.4) is 0 Å². The maximum absolute atomic E-state index is 11.8. The molecule has 0 atom stereocenters. The van der Waals surface area contributed by atoms with E-state index >= 15 is 0 Å². The van der Waals surface area contributed by atoms with E-state index in [2.05, 4.69) is 51.7 Å². The third-order valence-corrected chi connectivity index (χ3v) is 4.98. The molecule has 0 spiro atoms. The summed E-state index contributed by atoms with van der Waals surface area (Å²) in [7, 11) is 0. The number of likely N-dealkylation sites (tertiary alicyclic amines) is 1. The number of aryl methyl sites for hydroxylation is 1. The quantitative estimate of drug-likeness (QED) is 0.388. The number of halogens is 1. The summed E-state index contributed by atoms with van der Waals surface area (Å²) in [6.45, 7) is 7.39. The van der Waals surface area contributed by atoms with Gasteiger partial charge in [-0.1, -0.05) is 28.1 Å². The van der Waals surface area contributed by atoms with Crippen molar-refractivity contribution in [1.29, 1.82) is 0 Å². The number of hydrogen-bond donors (Lipinski definition) is 2. The Balaban J connectivity index is 1.76. The van der Waals surface area contributed by atoms with Crippen LogP contribution in [0.25, 0.3) is 0 Å². The third-order valence-electron chi connectivity index (χ3n) is 4.49. The lowest BCUT2D eigenvalue weighted by atomic mass is 10.1. The SMILES string of the molecule is CCNC(=NCCCc1cccc(Br)c1)NC1CCN(C(=O)OCC)CC1. The lowest BCUT2D eigenvalue weighted by Gasteiger charge is -2.32. The van der Waals surface area contributed by atoms with Crippen LogP contribution in [0, 0.1) is 0 Å². The summed E-state index contributed by atoms with van der Waals surface area (Å²) in [5.41, 5.74) is 1.32. The summed E-state index contributed by atoms with van der Waals surface area (Å²) < 4.78 is 6.19. The van der Waals surface area contributed by atoms with Crippen LogP contribution in [-0.4, -0.2) is 55.8 Å². The Bertz CT molecular complexity index is 616. The summed E-state index contributed by atoms with van der Waals surface area (Å²) >= 11 is 3.51. The zero-order valence-corrected chi connectivity index (χ0v) is 17.9. The van der Waals surface area contributed by atoms with Crippen LogP contribution in [0.2, 0.25) is 0 Å². The van der Waals surface area contributed by atoms with E-state index in [0.29, 0.717) is 12.6 Å². The Morgan fingerprint density at radius 1 is 1.33 bits per heavy atom. The van der Waals surface area contributed by atoms with Gasteiger partial charge in [-0.25, -0.2) is 4.79 Å². The first-order valence-electron chi connectivity index (χ1n) is 9.83. The van der Waals surface area contributed by atoms with Crippen LogP contribution in [0.1, 0.15) is 38.7 Å². The highest BCUT2D eigenvalue weighted by atomic mass is 79.9. The van der Waals surface area contributed by atoms with E-state index in [-0.39, 0.29) is 6.09 Å². The highest BCUT2D eigenvalue weighted by Crippen LogP contribution is 2.13. The number of piperidine rings is 1. The molecular weight excluding hydrogens is 408 g/mol. The molecule has 1 amide bonds. The number of nitrogens with zero attached hydrogens (tertiary/aromatic N) is 2. The van der Waals surface area contributed by atoms with Gasteiger partial charge < -0.3 is 20.3 Å². The average Bonchev–Trinajstić information content (AvgIpc) is 2.66. The molecule has 6 nitrogen and oxygen atoms in total. The number of guanidine groups is 1. The van der Waals surface area contributed by atoms with Gasteiger partial charge in [0.15, 0.2) is 5.96 Å². The van der Waals surface area contributed by atoms with Gasteiger partial charge in [0.2, 0.25) is 0 Å². The molecule has 0 radical (unpaired) electrons. The van der Waals surface area contributed by atoms with Crippen molar-refractivity contribution in [2.24, 2.45) is 4.99 Å². The van der Waals surface area contributed by atoms with Crippen LogP contribution in [0.5, 0.6) is 0 Å². The molecule has 0 bridgehead atoms. The standard InChI is InChI=1S/C20H31BrN4O2/c1-3-22-19(23-12-6-8-16-7-5-9-17(21)15-16)24-18-10-13-25(14-11-18)20(26)27-4-2/h5,7,9,15,18H,3-4,6,8,10-14H2,1-2H3,(H2,22,23,24). The summed E-state index contributed by atoms with van der Waals surface area (Å²) in [6.07, 6.45) is 3.63. The summed E-state index contributed by atoms with van der Waals surface area (Å²) in [6, 6.07) is 8.75. The Morgan fingerprint density at radius 2 is 2.11 bits per heavy atom. The number of rotatable bonds is 7. The lowest BCUT2D eigenvalue weighted by molar-refractivity contribution is 0.0963. The molecule has 1 saturated heterocycles. The van der Waals surface area contributed by atoms with Crippen LogP contribution < -0.4 is 10.6 Å². The second-order valence-corrected chi connectivity index (χ2v) is 7.51. The van der Waals surface area contributed by atoms with Gasteiger partial charge in [0.1, 0.15) is 0 Å². The van der Waals surface area contributed by atoms with Crippen molar-refractivity contribution in [3.63, 3.8) is 0 Å². The molecule has 0 aromatic heterocycles. The minimum atomic E-state index is -0.205. The normalized spacial score (nSPS) is 15.5. The van der Waals surface area contributed by atoms with Gasteiger partial charge in [-0.2, -0.15) is 0 Å². The molecular formula is C20H31BrN4O2. The number of nitrogens with one attached hydrogen (secondary N) is 2. The Kier molecular flexibility index (Phi) is 9.45. The summed E-state index contributed by atoms with van der Waals surface area (Å²) in [4.78, 5) is 18.3. The number of carbonyl (C=O) groups excluding carboxylic acids is 1. The zero-order chi connectivity index (χ0) is 19.5. The highest BCUT2D eigenvalue weighted by Gasteiger charge is 2.23. The molecule has 2 rings (SSSR count). The first kappa shape index (κ1) is 21.5. The van der Waals surface area contributed by atoms with Gasteiger partial charge in [-0.15, -0.1) is 0 Å². The molecule has 2 N–H and O–H groups in total. The van der Waals surface area contributed by atoms with Crippen molar-refractivity contribution < 1.29 is 9.53 Å². The van der Waals surface area contributed by atoms with Crippen molar-refractivity contribution in [3.05, 3.63) is 34.3 Å². The first-order chi connectivity index (χ1) is 13.1. The van der Waals surface area contributed by atoms with Crippen LogP contribution >= 0.6 is 15.9 Å². The molecule has 1 aliphatic heterocycles.